The maximum absolute atomic E-state index is 13.0. The predicted octanol–water partition coefficient (Wildman–Crippen LogP) is 2.81. The number of thiazole rings is 1. The van der Waals surface area contributed by atoms with Gasteiger partial charge in [0.25, 0.3) is 0 Å². The van der Waals surface area contributed by atoms with Crippen LogP contribution in [0.1, 0.15) is 16.8 Å². The summed E-state index contributed by atoms with van der Waals surface area (Å²) in [7, 11) is -9.23. The second-order valence-corrected chi connectivity index (χ2v) is 12.1. The molecule has 14 heteroatoms. The van der Waals surface area contributed by atoms with Crippen molar-refractivity contribution in [3.8, 4) is 5.75 Å². The molecule has 0 saturated carbocycles. The van der Waals surface area contributed by atoms with Crippen molar-refractivity contribution in [2.75, 3.05) is 12.4 Å². The first-order valence-electron chi connectivity index (χ1n) is 9.35. The van der Waals surface area contributed by atoms with Gasteiger partial charge in [0.1, 0.15) is 11.7 Å². The fourth-order valence-electron chi connectivity index (χ4n) is 3.10. The molecule has 0 fully saturated rings. The van der Waals surface area contributed by atoms with E-state index in [1.807, 2.05) is 0 Å². The maximum Gasteiger partial charge on any atom is 0.340 e. The Hall–Kier alpha value is -2.43. The molecule has 0 radical (unpaired) electrons. The molecule has 0 spiro atoms. The van der Waals surface area contributed by atoms with E-state index >= 15 is 0 Å². The number of carbonyl (C=O) groups is 2. The minimum absolute atomic E-state index is 0.0434. The van der Waals surface area contributed by atoms with Crippen LogP contribution in [-0.4, -0.2) is 48.8 Å². The van der Waals surface area contributed by atoms with Crippen LogP contribution in [0.4, 0.5) is 5.13 Å². The van der Waals surface area contributed by atoms with Gasteiger partial charge in [-0.1, -0.05) is 41.7 Å². The van der Waals surface area contributed by atoms with E-state index in [4.69, 9.17) is 4.74 Å². The fourth-order valence-corrected chi connectivity index (χ4v) is 6.53. The van der Waals surface area contributed by atoms with Crippen molar-refractivity contribution >= 4 is 53.6 Å². The van der Waals surface area contributed by atoms with Crippen LogP contribution in [0.5, 0.6) is 5.75 Å². The first-order chi connectivity index (χ1) is 15.4. The van der Waals surface area contributed by atoms with Crippen molar-refractivity contribution in [2.45, 2.75) is 11.8 Å². The Labute approximate surface area is 191 Å². The Morgan fingerprint density at radius 2 is 1.70 bits per heavy atom. The van der Waals surface area contributed by atoms with Crippen molar-refractivity contribution < 1.29 is 43.0 Å². The molecule has 3 rings (SSSR count). The number of Topliss-reactive ketones (excluding diaryl/α,β-unsaturated/α-hetero) is 1. The molecule has 1 amide bonds. The van der Waals surface area contributed by atoms with Gasteiger partial charge in [0.15, 0.2) is 16.3 Å². The minimum Gasteiger partial charge on any atom is -0.497 e. The maximum atomic E-state index is 13.0. The van der Waals surface area contributed by atoms with Gasteiger partial charge in [-0.3, -0.25) is 18.7 Å². The summed E-state index contributed by atoms with van der Waals surface area (Å²) in [6, 6.07) is 12.4. The number of anilines is 1. The van der Waals surface area contributed by atoms with Gasteiger partial charge in [-0.25, -0.2) is 4.98 Å². The number of benzene rings is 2. The Kier molecular flexibility index (Phi) is 7.50. The molecule has 0 bridgehead atoms. The number of fused-ring (bicyclic) bond motifs is 1. The van der Waals surface area contributed by atoms with Gasteiger partial charge >= 0.3 is 15.2 Å². The monoisotopic (exact) mass is 514 g/mol. The van der Waals surface area contributed by atoms with Crippen LogP contribution in [0.25, 0.3) is 10.2 Å². The average Bonchev–Trinajstić information content (AvgIpc) is 3.13. The van der Waals surface area contributed by atoms with E-state index in [9.17, 15) is 38.3 Å². The van der Waals surface area contributed by atoms with Crippen LogP contribution in [0, 0.1) is 5.92 Å². The van der Waals surface area contributed by atoms with E-state index in [1.165, 1.54) is 31.4 Å². The Balaban J connectivity index is 1.96. The molecular weight excluding hydrogens is 494 g/mol. The number of hydrogen-bond acceptors (Lipinski definition) is 7. The standard InChI is InChI=1S/C19H20N2O9P2S/c1-30-12-7-8-14-15(9-12)33-19(20-14)21-18(23)13(17(22)11-5-3-2-4-6-11)10-16(31(24,25)26)32(27,28)29/h2-9,13,16H,10H2,1H3,(H,20,21,23)(H2,24,25,26)(H2,27,28,29). The van der Waals surface area contributed by atoms with Gasteiger partial charge in [0.2, 0.25) is 5.91 Å². The zero-order chi connectivity index (χ0) is 24.4. The highest BCUT2D eigenvalue weighted by Crippen LogP contribution is 2.62. The van der Waals surface area contributed by atoms with Gasteiger partial charge in [-0.2, -0.15) is 0 Å². The summed E-state index contributed by atoms with van der Waals surface area (Å²) in [5, 5.41) is 0.00381. The number of rotatable bonds is 9. The lowest BCUT2D eigenvalue weighted by molar-refractivity contribution is -0.118. The molecule has 1 unspecified atom stereocenters. The van der Waals surface area contributed by atoms with Crippen LogP contribution in [0.2, 0.25) is 0 Å². The number of aromatic nitrogens is 1. The van der Waals surface area contributed by atoms with E-state index in [0.29, 0.717) is 16.0 Å². The molecule has 0 aliphatic rings. The van der Waals surface area contributed by atoms with Gasteiger partial charge < -0.3 is 29.6 Å². The normalized spacial score (nSPS) is 13.2. The molecule has 1 atom stereocenters. The lowest BCUT2D eigenvalue weighted by Gasteiger charge is -2.23. The van der Waals surface area contributed by atoms with Crippen molar-refractivity contribution in [1.82, 2.24) is 4.98 Å². The zero-order valence-corrected chi connectivity index (χ0v) is 19.7. The summed E-state index contributed by atoms with van der Waals surface area (Å²) in [5.74, 6) is -3.07. The quantitative estimate of drug-likeness (QED) is 0.162. The van der Waals surface area contributed by atoms with Gasteiger partial charge in [-0.05, 0) is 24.6 Å². The molecule has 1 heterocycles. The van der Waals surface area contributed by atoms with Crippen molar-refractivity contribution in [1.29, 1.82) is 0 Å². The van der Waals surface area contributed by atoms with E-state index in [-0.39, 0.29) is 10.7 Å². The first-order valence-corrected chi connectivity index (χ1v) is 13.5. The number of nitrogens with zero attached hydrogens (tertiary/aromatic N) is 1. The third-order valence-electron chi connectivity index (χ3n) is 4.74. The number of hydrogen-bond donors (Lipinski definition) is 5. The molecule has 11 nitrogen and oxygen atoms in total. The highest BCUT2D eigenvalue weighted by Gasteiger charge is 2.47. The second kappa shape index (κ2) is 9.82. The minimum atomic E-state index is -5.36. The van der Waals surface area contributed by atoms with Crippen LogP contribution in [-0.2, 0) is 13.9 Å². The van der Waals surface area contributed by atoms with Crippen molar-refractivity contribution in [3.05, 3.63) is 54.1 Å². The van der Waals surface area contributed by atoms with Crippen LogP contribution >= 0.6 is 26.5 Å². The summed E-state index contributed by atoms with van der Waals surface area (Å²) < 4.78 is 29.3. The van der Waals surface area contributed by atoms with E-state index < -0.39 is 44.6 Å². The summed E-state index contributed by atoms with van der Waals surface area (Å²) >= 11 is 1.07. The SMILES string of the molecule is COc1ccc2nc(NC(=O)C(CC(P(=O)(O)O)P(=O)(O)O)C(=O)c3ccccc3)sc2c1. The molecule has 0 aliphatic heterocycles. The van der Waals surface area contributed by atoms with Gasteiger partial charge in [0, 0.05) is 5.56 Å². The molecule has 176 valence electrons. The number of amides is 1. The molecule has 33 heavy (non-hydrogen) atoms. The van der Waals surface area contributed by atoms with Crippen LogP contribution in [0.3, 0.4) is 0 Å². The summed E-state index contributed by atoms with van der Waals surface area (Å²) in [6.45, 7) is 0. The average molecular weight is 514 g/mol. The Morgan fingerprint density at radius 3 is 2.27 bits per heavy atom. The number of carbonyl (C=O) groups excluding carboxylic acids is 2. The molecule has 5 N–H and O–H groups in total. The van der Waals surface area contributed by atoms with Crippen molar-refractivity contribution in [3.63, 3.8) is 0 Å². The molecule has 0 aliphatic carbocycles. The van der Waals surface area contributed by atoms with Gasteiger partial charge in [-0.15, -0.1) is 0 Å². The van der Waals surface area contributed by atoms with E-state index in [0.717, 1.165) is 11.3 Å². The summed E-state index contributed by atoms with van der Waals surface area (Å²) in [5.41, 5.74) is 0.576. The summed E-state index contributed by atoms with van der Waals surface area (Å²) in [6.07, 6.45) is -1.06. The van der Waals surface area contributed by atoms with E-state index in [2.05, 4.69) is 10.3 Å². The molecule has 1 aromatic heterocycles. The van der Waals surface area contributed by atoms with Crippen molar-refractivity contribution in [2.24, 2.45) is 5.92 Å². The number of nitrogens with one attached hydrogen (secondary N) is 1. The largest absolute Gasteiger partial charge is 0.497 e. The zero-order valence-electron chi connectivity index (χ0n) is 17.1. The fraction of sp³-hybridized carbons (Fsp3) is 0.211. The first kappa shape index (κ1) is 25.2. The molecular formula is C19H20N2O9P2S. The summed E-state index contributed by atoms with van der Waals surface area (Å²) in [4.78, 5) is 68.2. The third-order valence-corrected chi connectivity index (χ3v) is 9.45. The van der Waals surface area contributed by atoms with E-state index in [1.54, 1.807) is 24.3 Å². The van der Waals surface area contributed by atoms with Crippen LogP contribution < -0.4 is 10.1 Å². The molecule has 0 saturated heterocycles. The number of ketones is 1. The van der Waals surface area contributed by atoms with Gasteiger partial charge in [0.05, 0.1) is 17.3 Å². The third kappa shape index (κ3) is 6.13. The topological polar surface area (TPSA) is 183 Å². The highest BCUT2D eigenvalue weighted by molar-refractivity contribution is 7.70. The molecule has 2 aromatic carbocycles. The second-order valence-electron chi connectivity index (χ2n) is 7.02. The smallest absolute Gasteiger partial charge is 0.340 e. The number of methoxy groups -OCH3 is 1. The van der Waals surface area contributed by atoms with Crippen LogP contribution in [0.15, 0.2) is 48.5 Å². The lowest BCUT2D eigenvalue weighted by Crippen LogP contribution is -2.33. The number of ether oxygens (including phenoxy) is 1. The lowest BCUT2D eigenvalue weighted by atomic mass is 9.94. The Bertz CT molecular complexity index is 1250. The molecule has 3 aromatic rings. The predicted molar refractivity (Wildman–Crippen MR) is 122 cm³/mol. The Morgan fingerprint density at radius 1 is 1.06 bits per heavy atom. The highest BCUT2D eigenvalue weighted by atomic mass is 32.1.